The largest absolute Gasteiger partial charge is 0.337 e. The van der Waals surface area contributed by atoms with Crippen molar-refractivity contribution in [3.05, 3.63) is 35.7 Å². The van der Waals surface area contributed by atoms with Crippen LogP contribution in [-0.4, -0.2) is 16.7 Å². The van der Waals surface area contributed by atoms with Crippen LogP contribution in [-0.2, 0) is 0 Å². The molecule has 0 radical (unpaired) electrons. The molecule has 0 spiro atoms. The molecule has 1 aliphatic rings. The van der Waals surface area contributed by atoms with Gasteiger partial charge in [0.25, 0.3) is 0 Å². The second-order valence-corrected chi connectivity index (χ2v) is 5.18. The lowest BCUT2D eigenvalue weighted by Gasteiger charge is -2.09. The van der Waals surface area contributed by atoms with E-state index in [1.165, 1.54) is 24.8 Å². The highest BCUT2D eigenvalue weighted by molar-refractivity contribution is 5.54. The van der Waals surface area contributed by atoms with E-state index in [4.69, 9.17) is 4.52 Å². The molecule has 100 valence electrons. The van der Waals surface area contributed by atoms with E-state index in [0.717, 1.165) is 24.4 Å². The van der Waals surface area contributed by atoms with Crippen LogP contribution in [0.1, 0.15) is 43.2 Å². The van der Waals surface area contributed by atoms with Gasteiger partial charge < -0.3 is 9.84 Å². The molecular formula is C15H19N3O. The average molecular weight is 257 g/mol. The maximum Gasteiger partial charge on any atom is 0.244 e. The summed E-state index contributed by atoms with van der Waals surface area (Å²) in [5, 5.41) is 7.57. The van der Waals surface area contributed by atoms with E-state index < -0.39 is 0 Å². The van der Waals surface area contributed by atoms with Gasteiger partial charge in [0.05, 0.1) is 6.04 Å². The zero-order chi connectivity index (χ0) is 13.1. The summed E-state index contributed by atoms with van der Waals surface area (Å²) in [6, 6.07) is 8.41. The number of rotatable bonds is 2. The first-order valence-corrected chi connectivity index (χ1v) is 6.97. The second-order valence-electron chi connectivity index (χ2n) is 5.18. The summed E-state index contributed by atoms with van der Waals surface area (Å²) in [6.07, 6.45) is 4.81. The molecule has 0 aliphatic carbocycles. The van der Waals surface area contributed by atoms with Crippen LogP contribution in [0.4, 0.5) is 0 Å². The van der Waals surface area contributed by atoms with E-state index in [1.54, 1.807) is 0 Å². The van der Waals surface area contributed by atoms with Crippen LogP contribution >= 0.6 is 0 Å². The molecule has 4 nitrogen and oxygen atoms in total. The predicted octanol–water partition coefficient (Wildman–Crippen LogP) is 3.25. The van der Waals surface area contributed by atoms with Crippen LogP contribution in [0, 0.1) is 6.92 Å². The molecule has 1 unspecified atom stereocenters. The van der Waals surface area contributed by atoms with Gasteiger partial charge in [-0.25, -0.2) is 0 Å². The molecule has 1 saturated heterocycles. The Morgan fingerprint density at radius 1 is 1.16 bits per heavy atom. The lowest BCUT2D eigenvalue weighted by molar-refractivity contribution is 0.327. The van der Waals surface area contributed by atoms with Gasteiger partial charge in [-0.2, -0.15) is 4.98 Å². The standard InChI is InChI=1S/C15H19N3O/c1-11-6-8-12(9-7-11)14-17-15(19-18-14)13-5-3-2-4-10-16-13/h6-9,13,16H,2-5,10H2,1H3. The van der Waals surface area contributed by atoms with Gasteiger partial charge in [-0.15, -0.1) is 0 Å². The molecule has 19 heavy (non-hydrogen) atoms. The molecule has 1 aromatic heterocycles. The third-order valence-corrected chi connectivity index (χ3v) is 3.61. The lowest BCUT2D eigenvalue weighted by atomic mass is 10.1. The molecule has 0 amide bonds. The predicted molar refractivity (Wildman–Crippen MR) is 73.7 cm³/mol. The molecule has 1 atom stereocenters. The van der Waals surface area contributed by atoms with E-state index >= 15 is 0 Å². The topological polar surface area (TPSA) is 51.0 Å². The first-order valence-electron chi connectivity index (χ1n) is 6.97. The van der Waals surface area contributed by atoms with Crippen molar-refractivity contribution in [1.29, 1.82) is 0 Å². The van der Waals surface area contributed by atoms with Crippen molar-refractivity contribution in [3.8, 4) is 11.4 Å². The molecule has 2 aromatic rings. The Balaban J connectivity index is 1.80. The normalized spacial score (nSPS) is 20.2. The van der Waals surface area contributed by atoms with Gasteiger partial charge in [0.1, 0.15) is 0 Å². The molecule has 1 aliphatic heterocycles. The van der Waals surface area contributed by atoms with Crippen molar-refractivity contribution in [1.82, 2.24) is 15.5 Å². The molecule has 1 N–H and O–H groups in total. The summed E-state index contributed by atoms with van der Waals surface area (Å²) in [5.74, 6) is 1.40. The first kappa shape index (κ1) is 12.4. The summed E-state index contributed by atoms with van der Waals surface area (Å²) in [7, 11) is 0. The van der Waals surface area contributed by atoms with E-state index in [1.807, 2.05) is 12.1 Å². The Labute approximate surface area is 113 Å². The van der Waals surface area contributed by atoms with E-state index in [0.29, 0.717) is 5.82 Å². The first-order chi connectivity index (χ1) is 9.33. The summed E-state index contributed by atoms with van der Waals surface area (Å²) in [4.78, 5) is 4.54. The van der Waals surface area contributed by atoms with Gasteiger partial charge in [0, 0.05) is 5.56 Å². The van der Waals surface area contributed by atoms with Crippen molar-refractivity contribution in [3.63, 3.8) is 0 Å². The van der Waals surface area contributed by atoms with Gasteiger partial charge in [-0.1, -0.05) is 47.8 Å². The fourth-order valence-corrected chi connectivity index (χ4v) is 2.44. The number of aromatic nitrogens is 2. The van der Waals surface area contributed by atoms with Crippen LogP contribution in [0.2, 0.25) is 0 Å². The van der Waals surface area contributed by atoms with E-state index in [2.05, 4.69) is 34.5 Å². The monoisotopic (exact) mass is 257 g/mol. The highest BCUT2D eigenvalue weighted by Gasteiger charge is 2.20. The quantitative estimate of drug-likeness (QED) is 0.897. The maximum atomic E-state index is 5.42. The Morgan fingerprint density at radius 2 is 2.00 bits per heavy atom. The van der Waals surface area contributed by atoms with E-state index in [-0.39, 0.29) is 6.04 Å². The van der Waals surface area contributed by atoms with Crippen LogP contribution in [0.25, 0.3) is 11.4 Å². The molecular weight excluding hydrogens is 238 g/mol. The number of benzene rings is 1. The lowest BCUT2D eigenvalue weighted by Crippen LogP contribution is -2.20. The zero-order valence-electron chi connectivity index (χ0n) is 11.2. The fraction of sp³-hybridized carbons (Fsp3) is 0.467. The smallest absolute Gasteiger partial charge is 0.244 e. The van der Waals surface area contributed by atoms with E-state index in [9.17, 15) is 0 Å². The second kappa shape index (κ2) is 5.53. The average Bonchev–Trinajstić information content (AvgIpc) is 2.76. The van der Waals surface area contributed by atoms with Gasteiger partial charge in [0.2, 0.25) is 11.7 Å². The van der Waals surface area contributed by atoms with Crippen LogP contribution < -0.4 is 5.32 Å². The van der Waals surface area contributed by atoms with Crippen molar-refractivity contribution >= 4 is 0 Å². The molecule has 0 bridgehead atoms. The molecule has 0 saturated carbocycles. The van der Waals surface area contributed by atoms with Crippen LogP contribution in [0.15, 0.2) is 28.8 Å². The highest BCUT2D eigenvalue weighted by Crippen LogP contribution is 2.24. The van der Waals surface area contributed by atoms with Crippen LogP contribution in [0.3, 0.4) is 0 Å². The Morgan fingerprint density at radius 3 is 2.84 bits per heavy atom. The fourth-order valence-electron chi connectivity index (χ4n) is 2.44. The third-order valence-electron chi connectivity index (χ3n) is 3.61. The minimum absolute atomic E-state index is 0.217. The minimum atomic E-state index is 0.217. The van der Waals surface area contributed by atoms with Gasteiger partial charge in [-0.3, -0.25) is 0 Å². The SMILES string of the molecule is Cc1ccc(-c2noc(C3CCCCCN3)n2)cc1. The van der Waals surface area contributed by atoms with Crippen molar-refractivity contribution in [2.75, 3.05) is 6.54 Å². The molecule has 3 rings (SSSR count). The number of aryl methyl sites for hydroxylation is 1. The number of hydrogen-bond acceptors (Lipinski definition) is 4. The number of nitrogens with zero attached hydrogens (tertiary/aromatic N) is 2. The Kier molecular flexibility index (Phi) is 3.60. The Hall–Kier alpha value is -1.68. The van der Waals surface area contributed by atoms with Crippen molar-refractivity contribution < 1.29 is 4.52 Å². The molecule has 2 heterocycles. The number of nitrogens with one attached hydrogen (secondary N) is 1. The zero-order valence-corrected chi connectivity index (χ0v) is 11.2. The summed E-state index contributed by atoms with van der Waals surface area (Å²) in [5.41, 5.74) is 2.24. The summed E-state index contributed by atoms with van der Waals surface area (Å²) in [6.45, 7) is 3.10. The molecule has 1 fully saturated rings. The van der Waals surface area contributed by atoms with Gasteiger partial charge >= 0.3 is 0 Å². The van der Waals surface area contributed by atoms with Gasteiger partial charge in [-0.05, 0) is 26.3 Å². The summed E-state index contributed by atoms with van der Waals surface area (Å²) < 4.78 is 5.42. The number of hydrogen-bond donors (Lipinski definition) is 1. The Bertz CT molecular complexity index is 525. The maximum absolute atomic E-state index is 5.42. The molecule has 4 heteroatoms. The minimum Gasteiger partial charge on any atom is -0.337 e. The van der Waals surface area contributed by atoms with Crippen molar-refractivity contribution in [2.24, 2.45) is 0 Å². The van der Waals surface area contributed by atoms with Crippen LogP contribution in [0.5, 0.6) is 0 Å². The van der Waals surface area contributed by atoms with Gasteiger partial charge in [0.15, 0.2) is 0 Å². The highest BCUT2D eigenvalue weighted by atomic mass is 16.5. The summed E-state index contributed by atoms with van der Waals surface area (Å²) >= 11 is 0. The van der Waals surface area contributed by atoms with Crippen molar-refractivity contribution in [2.45, 2.75) is 38.6 Å². The molecule has 1 aromatic carbocycles. The third kappa shape index (κ3) is 2.84.